The molecule has 2 N–H and O–H groups in total. The van der Waals surface area contributed by atoms with Crippen LogP contribution in [0.3, 0.4) is 0 Å². The molecule has 1 aromatic carbocycles. The summed E-state index contributed by atoms with van der Waals surface area (Å²) in [6.07, 6.45) is 0.717. The van der Waals surface area contributed by atoms with Gasteiger partial charge in [-0.05, 0) is 18.1 Å². The quantitative estimate of drug-likeness (QED) is 0.602. The normalized spacial score (nSPS) is 9.53. The van der Waals surface area contributed by atoms with E-state index >= 15 is 0 Å². The summed E-state index contributed by atoms with van der Waals surface area (Å²) in [6.45, 7) is 6.21. The van der Waals surface area contributed by atoms with Gasteiger partial charge in [-0.1, -0.05) is 36.1 Å². The van der Waals surface area contributed by atoms with Crippen molar-refractivity contribution in [2.75, 3.05) is 7.11 Å². The van der Waals surface area contributed by atoms with E-state index in [1.807, 2.05) is 0 Å². The largest absolute Gasteiger partial charge is 0.493 e. The number of rotatable bonds is 4. The van der Waals surface area contributed by atoms with E-state index in [1.54, 1.807) is 7.11 Å². The molecule has 80 valence electrons. The topological polar surface area (TPSA) is 35.2 Å². The summed E-state index contributed by atoms with van der Waals surface area (Å²) in [7, 11) is 1.63. The predicted molar refractivity (Wildman–Crippen MR) is 62.4 cm³/mol. The minimum Gasteiger partial charge on any atom is -0.493 e. The lowest BCUT2D eigenvalue weighted by Crippen LogP contribution is -1.99. The third-order valence-corrected chi connectivity index (χ3v) is 2.24. The van der Waals surface area contributed by atoms with Crippen LogP contribution in [0, 0.1) is 6.92 Å². The summed E-state index contributed by atoms with van der Waals surface area (Å²) >= 11 is 0. The minimum absolute atomic E-state index is 0.564. The lowest BCUT2D eigenvalue weighted by molar-refractivity contribution is 0.284. The maximum absolute atomic E-state index is 5.62. The van der Waals surface area contributed by atoms with Gasteiger partial charge in [0.25, 0.3) is 0 Å². The average molecular weight is 203 g/mol. The summed E-state index contributed by atoms with van der Waals surface area (Å²) in [5, 5.41) is 0. The Hall–Kier alpha value is -1.50. The lowest BCUT2D eigenvalue weighted by Gasteiger charge is -2.07. The molecule has 0 aliphatic heterocycles. The maximum Gasteiger partial charge on any atom is 0.141 e. The van der Waals surface area contributed by atoms with Crippen molar-refractivity contribution in [2.45, 2.75) is 19.9 Å². The van der Waals surface area contributed by atoms with Crippen molar-refractivity contribution < 1.29 is 4.74 Å². The second-order valence-electron chi connectivity index (χ2n) is 3.51. The van der Waals surface area contributed by atoms with Crippen molar-refractivity contribution in [1.82, 2.24) is 0 Å². The predicted octanol–water partition coefficient (Wildman–Crippen LogP) is 2.31. The Labute approximate surface area is 91.1 Å². The van der Waals surface area contributed by atoms with Crippen LogP contribution in [-0.4, -0.2) is 7.11 Å². The maximum atomic E-state index is 5.62. The summed E-state index contributed by atoms with van der Waals surface area (Å²) < 4.78 is 5.13. The number of hydrogen-bond acceptors (Lipinski definition) is 2. The first kappa shape index (κ1) is 11.6. The lowest BCUT2D eigenvalue weighted by atomic mass is 10.0. The fraction of sp³-hybridized carbons (Fsp3) is 0.308. The first-order valence-corrected chi connectivity index (χ1v) is 4.92. The van der Waals surface area contributed by atoms with Gasteiger partial charge in [0, 0.05) is 13.0 Å². The fourth-order valence-electron chi connectivity index (χ4n) is 1.56. The Balaban J connectivity index is 2.94. The van der Waals surface area contributed by atoms with Crippen LogP contribution in [-0.2, 0) is 17.7 Å². The zero-order valence-corrected chi connectivity index (χ0v) is 9.34. The van der Waals surface area contributed by atoms with Crippen LogP contribution in [0.15, 0.2) is 36.3 Å². The molecule has 0 amide bonds. The minimum atomic E-state index is 0.564. The SMILES string of the molecule is C=C=C(Cc1cc(C)cc(CN)c1)OC. The molecule has 0 heterocycles. The van der Waals surface area contributed by atoms with Gasteiger partial charge in [-0.2, -0.15) is 0 Å². The molecule has 1 aromatic rings. The average Bonchev–Trinajstić information content (AvgIpc) is 2.25. The molecule has 0 atom stereocenters. The smallest absolute Gasteiger partial charge is 0.141 e. The summed E-state index contributed by atoms with van der Waals surface area (Å²) in [5.74, 6) is 0.753. The molecular formula is C13H17NO. The summed E-state index contributed by atoms with van der Waals surface area (Å²) in [6, 6.07) is 6.30. The number of hydrogen-bond donors (Lipinski definition) is 1. The van der Waals surface area contributed by atoms with Gasteiger partial charge >= 0.3 is 0 Å². The van der Waals surface area contributed by atoms with E-state index in [0.29, 0.717) is 13.0 Å². The molecule has 0 aromatic heterocycles. The molecule has 2 heteroatoms. The number of ether oxygens (including phenoxy) is 1. The van der Waals surface area contributed by atoms with Gasteiger partial charge in [0.15, 0.2) is 0 Å². The standard InChI is InChI=1S/C13H17NO/c1-4-13(15-3)8-11-5-10(2)6-12(7-11)9-14/h5-7H,1,8-9,14H2,2-3H3. The van der Waals surface area contributed by atoms with Crippen molar-refractivity contribution in [3.8, 4) is 0 Å². The second kappa shape index (κ2) is 5.40. The zero-order chi connectivity index (χ0) is 11.3. The van der Waals surface area contributed by atoms with Crippen molar-refractivity contribution in [3.63, 3.8) is 0 Å². The highest BCUT2D eigenvalue weighted by Crippen LogP contribution is 2.13. The first-order chi connectivity index (χ1) is 7.19. The summed E-state index contributed by atoms with van der Waals surface area (Å²) in [4.78, 5) is 0. The van der Waals surface area contributed by atoms with Gasteiger partial charge in [0.05, 0.1) is 7.11 Å². The van der Waals surface area contributed by atoms with E-state index in [2.05, 4.69) is 37.4 Å². The summed E-state index contributed by atoms with van der Waals surface area (Å²) in [5.41, 5.74) is 11.9. The molecule has 0 aliphatic rings. The van der Waals surface area contributed by atoms with Crippen molar-refractivity contribution >= 4 is 0 Å². The number of nitrogens with two attached hydrogens (primary N) is 1. The highest BCUT2D eigenvalue weighted by atomic mass is 16.5. The molecule has 0 radical (unpaired) electrons. The van der Waals surface area contributed by atoms with E-state index in [-0.39, 0.29) is 0 Å². The molecule has 0 unspecified atom stereocenters. The Morgan fingerprint density at radius 2 is 2.07 bits per heavy atom. The van der Waals surface area contributed by atoms with E-state index in [0.717, 1.165) is 11.3 Å². The molecule has 0 bridgehead atoms. The van der Waals surface area contributed by atoms with Crippen LogP contribution in [0.25, 0.3) is 0 Å². The third kappa shape index (κ3) is 3.28. The molecule has 1 rings (SSSR count). The Morgan fingerprint density at radius 3 is 2.60 bits per heavy atom. The molecular weight excluding hydrogens is 186 g/mol. The highest BCUT2D eigenvalue weighted by Gasteiger charge is 2.01. The van der Waals surface area contributed by atoms with Crippen molar-refractivity contribution in [3.05, 3.63) is 53.0 Å². The van der Waals surface area contributed by atoms with E-state index in [9.17, 15) is 0 Å². The highest BCUT2D eigenvalue weighted by molar-refractivity contribution is 5.31. The third-order valence-electron chi connectivity index (χ3n) is 2.24. The van der Waals surface area contributed by atoms with Gasteiger partial charge < -0.3 is 10.5 Å². The number of benzene rings is 1. The number of allylic oxidation sites excluding steroid dienone is 1. The van der Waals surface area contributed by atoms with Crippen LogP contribution < -0.4 is 5.73 Å². The molecule has 15 heavy (non-hydrogen) atoms. The first-order valence-electron chi connectivity index (χ1n) is 4.92. The molecule has 0 aliphatic carbocycles. The van der Waals surface area contributed by atoms with E-state index in [4.69, 9.17) is 10.5 Å². The van der Waals surface area contributed by atoms with Crippen molar-refractivity contribution in [1.29, 1.82) is 0 Å². The van der Waals surface area contributed by atoms with E-state index < -0.39 is 0 Å². The number of aryl methyl sites for hydroxylation is 1. The monoisotopic (exact) mass is 203 g/mol. The van der Waals surface area contributed by atoms with Crippen LogP contribution in [0.2, 0.25) is 0 Å². The fourth-order valence-corrected chi connectivity index (χ4v) is 1.56. The molecule has 0 saturated carbocycles. The van der Waals surface area contributed by atoms with Crippen LogP contribution in [0.5, 0.6) is 0 Å². The Morgan fingerprint density at radius 1 is 1.40 bits per heavy atom. The Kier molecular flexibility index (Phi) is 4.17. The van der Waals surface area contributed by atoms with Gasteiger partial charge in [-0.3, -0.25) is 0 Å². The molecule has 0 spiro atoms. The molecule has 2 nitrogen and oxygen atoms in total. The second-order valence-corrected chi connectivity index (χ2v) is 3.51. The molecule has 0 saturated heterocycles. The van der Waals surface area contributed by atoms with Crippen LogP contribution in [0.4, 0.5) is 0 Å². The van der Waals surface area contributed by atoms with Crippen molar-refractivity contribution in [2.24, 2.45) is 5.73 Å². The van der Waals surface area contributed by atoms with Gasteiger partial charge in [0.2, 0.25) is 0 Å². The van der Waals surface area contributed by atoms with Gasteiger partial charge in [-0.15, -0.1) is 0 Å². The Bertz CT molecular complexity index is 390. The van der Waals surface area contributed by atoms with Crippen LogP contribution >= 0.6 is 0 Å². The van der Waals surface area contributed by atoms with Gasteiger partial charge in [0.1, 0.15) is 5.76 Å². The van der Waals surface area contributed by atoms with Crippen LogP contribution in [0.1, 0.15) is 16.7 Å². The number of methoxy groups -OCH3 is 1. The molecule has 0 fully saturated rings. The van der Waals surface area contributed by atoms with Gasteiger partial charge in [-0.25, -0.2) is 0 Å². The van der Waals surface area contributed by atoms with E-state index in [1.165, 1.54) is 11.1 Å². The zero-order valence-electron chi connectivity index (χ0n) is 9.34.